The van der Waals surface area contributed by atoms with E-state index in [1.165, 1.54) is 0 Å². The Morgan fingerprint density at radius 2 is 1.42 bits per heavy atom. The fraction of sp³-hybridized carbons (Fsp3) is 0.343. The summed E-state index contributed by atoms with van der Waals surface area (Å²) in [6.07, 6.45) is 0. The Morgan fingerprint density at radius 1 is 0.791 bits per heavy atom. The van der Waals surface area contributed by atoms with Crippen LogP contribution in [0.5, 0.6) is 5.75 Å². The molecule has 0 radical (unpaired) electrons. The van der Waals surface area contributed by atoms with Crippen LogP contribution in [0.25, 0.3) is 10.9 Å². The van der Waals surface area contributed by atoms with E-state index in [1.54, 1.807) is 39.0 Å². The second kappa shape index (κ2) is 13.3. The molecule has 1 aromatic heterocycles. The van der Waals surface area contributed by atoms with Gasteiger partial charge in [-0.15, -0.1) is 0 Å². The Labute approximate surface area is 252 Å². The Bertz CT molecular complexity index is 1560. The van der Waals surface area contributed by atoms with Gasteiger partial charge in [-0.3, -0.25) is 14.5 Å². The summed E-state index contributed by atoms with van der Waals surface area (Å²) in [4.78, 5) is 44.1. The zero-order valence-corrected chi connectivity index (χ0v) is 25.7. The van der Waals surface area contributed by atoms with Crippen molar-refractivity contribution >= 4 is 28.6 Å². The molecule has 0 aliphatic rings. The Morgan fingerprint density at radius 3 is 2.02 bits per heavy atom. The zero-order valence-electron chi connectivity index (χ0n) is 25.7. The van der Waals surface area contributed by atoms with Crippen molar-refractivity contribution in [2.75, 3.05) is 13.3 Å². The summed E-state index contributed by atoms with van der Waals surface area (Å²) in [5.74, 6) is -0.805. The number of H-pyrrole nitrogens is 1. The number of carbonyl (C=O) groups excluding carboxylic acids is 3. The molecule has 0 fully saturated rings. The minimum Gasteiger partial charge on any atom is -0.487 e. The number of ether oxygens (including phenoxy) is 3. The van der Waals surface area contributed by atoms with Gasteiger partial charge in [0, 0.05) is 23.0 Å². The highest BCUT2D eigenvalue weighted by Crippen LogP contribution is 2.31. The molecule has 3 aromatic carbocycles. The number of nitrogens with zero attached hydrogens (tertiary/aromatic N) is 1. The quantitative estimate of drug-likeness (QED) is 0.116. The molecule has 1 heterocycles. The van der Waals surface area contributed by atoms with E-state index in [4.69, 9.17) is 14.2 Å². The molecule has 0 bridgehead atoms. The highest BCUT2D eigenvalue weighted by molar-refractivity contribution is 6.11. The topological polar surface area (TPSA) is 97.9 Å². The van der Waals surface area contributed by atoms with E-state index >= 15 is 0 Å². The summed E-state index contributed by atoms with van der Waals surface area (Å²) in [5, 5.41) is 0.544. The van der Waals surface area contributed by atoms with E-state index in [2.05, 4.69) is 30.7 Å². The third-order valence-corrected chi connectivity index (χ3v) is 7.00. The maximum Gasteiger partial charge on any atom is 0.357 e. The molecule has 0 saturated heterocycles. The molecule has 0 amide bonds. The lowest BCUT2D eigenvalue weighted by Gasteiger charge is -2.35. The highest BCUT2D eigenvalue weighted by atomic mass is 16.7. The third kappa shape index (κ3) is 8.32. The van der Waals surface area contributed by atoms with Crippen LogP contribution in [-0.2, 0) is 27.4 Å². The summed E-state index contributed by atoms with van der Waals surface area (Å²) in [6.45, 7) is 11.9. The van der Waals surface area contributed by atoms with E-state index in [9.17, 15) is 14.4 Å². The van der Waals surface area contributed by atoms with Gasteiger partial charge in [-0.2, -0.15) is 0 Å². The Hall–Kier alpha value is -4.43. The van der Waals surface area contributed by atoms with Crippen molar-refractivity contribution in [2.45, 2.75) is 60.2 Å². The van der Waals surface area contributed by atoms with Crippen molar-refractivity contribution < 1.29 is 28.6 Å². The van der Waals surface area contributed by atoms with Gasteiger partial charge in [0.05, 0.1) is 17.5 Å². The van der Waals surface area contributed by atoms with Gasteiger partial charge in [-0.25, -0.2) is 4.79 Å². The first-order valence-corrected chi connectivity index (χ1v) is 14.3. The first kappa shape index (κ1) is 31.5. The molecular weight excluding hydrogens is 544 g/mol. The zero-order chi connectivity index (χ0) is 31.2. The summed E-state index contributed by atoms with van der Waals surface area (Å²) < 4.78 is 16.4. The van der Waals surface area contributed by atoms with E-state index in [0.29, 0.717) is 35.4 Å². The normalized spacial score (nSPS) is 11.9. The van der Waals surface area contributed by atoms with Crippen molar-refractivity contribution in [1.82, 2.24) is 9.88 Å². The van der Waals surface area contributed by atoms with Crippen molar-refractivity contribution in [1.29, 1.82) is 0 Å². The van der Waals surface area contributed by atoms with Crippen LogP contribution in [0.15, 0.2) is 78.9 Å². The third-order valence-electron chi connectivity index (χ3n) is 7.00. The number of hydrogen-bond donors (Lipinski definition) is 1. The van der Waals surface area contributed by atoms with Crippen LogP contribution in [0.1, 0.15) is 73.5 Å². The monoisotopic (exact) mass is 584 g/mol. The fourth-order valence-corrected chi connectivity index (χ4v) is 4.43. The van der Waals surface area contributed by atoms with Gasteiger partial charge in [0.1, 0.15) is 18.1 Å². The molecule has 0 aliphatic carbocycles. The van der Waals surface area contributed by atoms with Crippen molar-refractivity contribution in [3.8, 4) is 5.75 Å². The number of benzene rings is 3. The maximum absolute atomic E-state index is 13.8. The number of fused-ring (bicyclic) bond motifs is 1. The molecule has 8 nitrogen and oxygen atoms in total. The van der Waals surface area contributed by atoms with Crippen molar-refractivity contribution in [3.05, 3.63) is 101 Å². The number of aromatic amines is 1. The van der Waals surface area contributed by atoms with Gasteiger partial charge in [-0.1, -0.05) is 60.7 Å². The number of ketones is 1. The number of esters is 2. The first-order valence-electron chi connectivity index (χ1n) is 14.3. The van der Waals surface area contributed by atoms with Crippen LogP contribution in [0, 0.1) is 5.41 Å². The molecule has 1 N–H and O–H groups in total. The number of hydrogen-bond acceptors (Lipinski definition) is 7. The molecule has 0 saturated carbocycles. The predicted molar refractivity (Wildman–Crippen MR) is 166 cm³/mol. The first-order chi connectivity index (χ1) is 20.3. The average Bonchev–Trinajstić information content (AvgIpc) is 3.41. The standard InChI is InChI=1S/C35H40N2O6/c1-34(2,3)33(40)43-23-42-32(39)28-19-27-26(17-18-30(31(27)36-28)41-22-25-15-11-8-12-16-25)29(38)21-37(35(4,5)6)20-24-13-9-7-10-14-24/h7-19,36H,20-23H2,1-6H3. The summed E-state index contributed by atoms with van der Waals surface area (Å²) in [6, 6.07) is 24.8. The molecule has 226 valence electrons. The molecule has 4 rings (SSSR count). The molecule has 4 aromatic rings. The van der Waals surface area contributed by atoms with E-state index in [0.717, 1.165) is 11.1 Å². The Balaban J connectivity index is 1.62. The Kier molecular flexibility index (Phi) is 9.71. The van der Waals surface area contributed by atoms with E-state index in [-0.39, 0.29) is 23.6 Å². The van der Waals surface area contributed by atoms with Crippen LogP contribution in [0.2, 0.25) is 0 Å². The molecule has 43 heavy (non-hydrogen) atoms. The van der Waals surface area contributed by atoms with Crippen LogP contribution < -0.4 is 4.74 Å². The van der Waals surface area contributed by atoms with Gasteiger partial charge < -0.3 is 19.2 Å². The molecule has 0 spiro atoms. The second-order valence-electron chi connectivity index (χ2n) is 12.5. The van der Waals surface area contributed by atoms with Crippen LogP contribution >= 0.6 is 0 Å². The lowest BCUT2D eigenvalue weighted by atomic mass is 9.98. The maximum atomic E-state index is 13.8. The predicted octanol–water partition coefficient (Wildman–Crippen LogP) is 6.93. The molecular formula is C35H40N2O6. The second-order valence-corrected chi connectivity index (χ2v) is 12.5. The molecule has 8 heteroatoms. The van der Waals surface area contributed by atoms with Crippen LogP contribution in [0.4, 0.5) is 0 Å². The summed E-state index contributed by atoms with van der Waals surface area (Å²) >= 11 is 0. The van der Waals surface area contributed by atoms with Crippen molar-refractivity contribution in [2.24, 2.45) is 5.41 Å². The van der Waals surface area contributed by atoms with Gasteiger partial charge in [0.2, 0.25) is 6.79 Å². The summed E-state index contributed by atoms with van der Waals surface area (Å²) in [7, 11) is 0. The van der Waals surface area contributed by atoms with E-state index in [1.807, 2.05) is 60.7 Å². The van der Waals surface area contributed by atoms with Crippen LogP contribution in [-0.4, -0.2) is 46.5 Å². The van der Waals surface area contributed by atoms with Gasteiger partial charge >= 0.3 is 11.9 Å². The van der Waals surface area contributed by atoms with Gasteiger partial charge in [0.25, 0.3) is 0 Å². The number of nitrogens with one attached hydrogen (secondary N) is 1. The minimum atomic E-state index is -0.727. The molecule has 0 aliphatic heterocycles. The lowest BCUT2D eigenvalue weighted by molar-refractivity contribution is -0.161. The SMILES string of the molecule is CC(C)(C)C(=O)OCOC(=O)c1cc2c(C(=O)CN(Cc3ccccc3)C(C)(C)C)ccc(OCc3ccccc3)c2[nH]1. The number of aromatic nitrogens is 1. The molecule has 0 unspecified atom stereocenters. The minimum absolute atomic E-state index is 0.0940. The summed E-state index contributed by atoms with van der Waals surface area (Å²) in [5.41, 5.74) is 2.16. The largest absolute Gasteiger partial charge is 0.487 e. The smallest absolute Gasteiger partial charge is 0.357 e. The number of Topliss-reactive ketones (excluding diaryl/α,β-unsaturated/α-hetero) is 1. The highest BCUT2D eigenvalue weighted by Gasteiger charge is 2.27. The van der Waals surface area contributed by atoms with Gasteiger partial charge in [0.15, 0.2) is 5.78 Å². The van der Waals surface area contributed by atoms with E-state index < -0.39 is 24.1 Å². The number of rotatable bonds is 11. The number of carbonyl (C=O) groups is 3. The molecule has 0 atom stereocenters. The fourth-order valence-electron chi connectivity index (χ4n) is 4.43. The van der Waals surface area contributed by atoms with Gasteiger partial charge in [-0.05, 0) is 70.9 Å². The lowest BCUT2D eigenvalue weighted by Crippen LogP contribution is -2.43. The van der Waals surface area contributed by atoms with Crippen LogP contribution in [0.3, 0.4) is 0 Å². The average molecular weight is 585 g/mol. The van der Waals surface area contributed by atoms with Crippen molar-refractivity contribution in [3.63, 3.8) is 0 Å².